The molecule has 4 fully saturated rings. The molecule has 2 N–H and O–H groups in total. The first kappa shape index (κ1) is 36.8. The molecule has 0 spiro atoms. The third kappa shape index (κ3) is 7.84. The van der Waals surface area contributed by atoms with Gasteiger partial charge in [-0.05, 0) is 115 Å². The van der Waals surface area contributed by atoms with Crippen molar-refractivity contribution in [3.8, 4) is 0 Å². The first-order chi connectivity index (χ1) is 26.1. The van der Waals surface area contributed by atoms with E-state index in [1.807, 2.05) is 29.9 Å². The number of halogens is 1. The van der Waals surface area contributed by atoms with Crippen molar-refractivity contribution < 1.29 is 18.0 Å². The van der Waals surface area contributed by atoms with E-state index in [2.05, 4.69) is 69.6 Å². The lowest BCUT2D eigenvalue weighted by Crippen LogP contribution is -2.49. The smallest absolute Gasteiger partial charge is 0.329 e. The molecule has 0 atom stereocenters. The summed E-state index contributed by atoms with van der Waals surface area (Å²) in [6, 6.07) is 13.7. The number of urea groups is 1. The van der Waals surface area contributed by atoms with Crippen LogP contribution in [0.3, 0.4) is 0 Å². The van der Waals surface area contributed by atoms with Gasteiger partial charge in [-0.25, -0.2) is 23.2 Å². The van der Waals surface area contributed by atoms with Crippen LogP contribution < -0.4 is 20.4 Å². The zero-order valence-corrected chi connectivity index (χ0v) is 32.9. The van der Waals surface area contributed by atoms with Gasteiger partial charge in [-0.3, -0.25) is 19.7 Å². The van der Waals surface area contributed by atoms with Crippen LogP contribution in [0.2, 0.25) is 0 Å². The van der Waals surface area contributed by atoms with Gasteiger partial charge in [-0.15, -0.1) is 0 Å². The number of hydrogen-bond donors (Lipinski definition) is 2. The molecule has 3 amide bonds. The molecule has 14 nitrogen and oxygen atoms in total. The largest absolute Gasteiger partial charge is 0.371 e. The average molecular weight is 820 g/mol. The molecular weight excluding hydrogens is 772 g/mol. The number of amides is 3. The second kappa shape index (κ2) is 15.6. The Morgan fingerprint density at radius 3 is 2.35 bits per heavy atom. The molecule has 8 rings (SSSR count). The number of anilines is 3. The van der Waals surface area contributed by atoms with Crippen molar-refractivity contribution in [2.75, 3.05) is 67.5 Å². The number of fused-ring (bicyclic) bond motifs is 1. The molecule has 0 bridgehead atoms. The SMILES string of the molecule is Cn1nc(N2CCC(=O)NC2=O)c2ccc(C3CCN(CC4CCN(c5cccc(S(=O)(=O)N6CCC(Nc7ncc(Br)cn7)CC6)c5)CC4)CC3)cc21. The molecule has 54 heavy (non-hydrogen) atoms. The van der Waals surface area contributed by atoms with Gasteiger partial charge in [0.05, 0.1) is 14.9 Å². The number of sulfonamides is 1. The molecule has 16 heteroatoms. The molecule has 0 radical (unpaired) electrons. The summed E-state index contributed by atoms with van der Waals surface area (Å²) < 4.78 is 31.6. The van der Waals surface area contributed by atoms with Crippen LogP contribution in [-0.4, -0.2) is 108 Å². The molecular formula is C38H47BrN10O4S. The van der Waals surface area contributed by atoms with E-state index in [0.29, 0.717) is 61.0 Å². The summed E-state index contributed by atoms with van der Waals surface area (Å²) in [7, 11) is -1.69. The highest BCUT2D eigenvalue weighted by Crippen LogP contribution is 2.35. The fraction of sp³-hybridized carbons (Fsp3) is 0.500. The highest BCUT2D eigenvalue weighted by Gasteiger charge is 2.32. The van der Waals surface area contributed by atoms with Crippen molar-refractivity contribution in [3.63, 3.8) is 0 Å². The molecule has 286 valence electrons. The fourth-order valence-electron chi connectivity index (χ4n) is 8.46. The van der Waals surface area contributed by atoms with Gasteiger partial charge >= 0.3 is 6.03 Å². The Bertz CT molecular complexity index is 2110. The molecule has 6 heterocycles. The summed E-state index contributed by atoms with van der Waals surface area (Å²) in [5.41, 5.74) is 3.28. The lowest BCUT2D eigenvalue weighted by Gasteiger charge is -2.38. The topological polar surface area (TPSA) is 149 Å². The molecule has 4 aliphatic rings. The van der Waals surface area contributed by atoms with E-state index in [4.69, 9.17) is 0 Å². The van der Waals surface area contributed by atoms with Gasteiger partial charge in [0.25, 0.3) is 0 Å². The predicted molar refractivity (Wildman–Crippen MR) is 211 cm³/mol. The minimum atomic E-state index is -3.60. The molecule has 4 aromatic rings. The van der Waals surface area contributed by atoms with Crippen molar-refractivity contribution in [2.45, 2.75) is 61.8 Å². The van der Waals surface area contributed by atoms with E-state index in [9.17, 15) is 18.0 Å². The van der Waals surface area contributed by atoms with Gasteiger partial charge in [-0.2, -0.15) is 9.40 Å². The summed E-state index contributed by atoms with van der Waals surface area (Å²) in [4.78, 5) is 39.6. The minimum Gasteiger partial charge on any atom is -0.371 e. The van der Waals surface area contributed by atoms with Crippen LogP contribution in [0.15, 0.2) is 64.2 Å². The monoisotopic (exact) mass is 818 g/mol. The average Bonchev–Trinajstić information content (AvgIpc) is 3.51. The predicted octanol–water partition coefficient (Wildman–Crippen LogP) is 4.93. The van der Waals surface area contributed by atoms with Gasteiger partial charge in [0.1, 0.15) is 0 Å². The van der Waals surface area contributed by atoms with E-state index < -0.39 is 16.1 Å². The maximum Gasteiger partial charge on any atom is 0.329 e. The number of rotatable bonds is 9. The van der Waals surface area contributed by atoms with Crippen molar-refractivity contribution in [1.82, 2.24) is 34.3 Å². The van der Waals surface area contributed by atoms with E-state index in [1.165, 1.54) is 5.56 Å². The van der Waals surface area contributed by atoms with Crippen LogP contribution in [0, 0.1) is 5.92 Å². The summed E-state index contributed by atoms with van der Waals surface area (Å²) in [5.74, 6) is 1.99. The molecule has 4 aliphatic heterocycles. The summed E-state index contributed by atoms with van der Waals surface area (Å²) >= 11 is 3.35. The number of piperidine rings is 3. The Morgan fingerprint density at radius 1 is 0.889 bits per heavy atom. The quantitative estimate of drug-likeness (QED) is 0.238. The van der Waals surface area contributed by atoms with Gasteiger partial charge in [0.15, 0.2) is 5.82 Å². The van der Waals surface area contributed by atoms with Crippen LogP contribution >= 0.6 is 15.9 Å². The van der Waals surface area contributed by atoms with Crippen LogP contribution in [0.1, 0.15) is 56.4 Å². The Labute approximate surface area is 324 Å². The Balaban J connectivity index is 0.808. The number of benzene rings is 2. The number of imide groups is 1. The molecule has 0 aliphatic carbocycles. The van der Waals surface area contributed by atoms with Crippen LogP contribution in [-0.2, 0) is 21.9 Å². The second-order valence-electron chi connectivity index (χ2n) is 15.0. The van der Waals surface area contributed by atoms with Crippen molar-refractivity contribution in [2.24, 2.45) is 13.0 Å². The highest BCUT2D eigenvalue weighted by molar-refractivity contribution is 9.10. The summed E-state index contributed by atoms with van der Waals surface area (Å²) in [6.07, 6.45) is 9.42. The zero-order valence-electron chi connectivity index (χ0n) is 30.5. The van der Waals surface area contributed by atoms with Gasteiger partial charge in [-0.1, -0.05) is 12.1 Å². The van der Waals surface area contributed by atoms with Crippen molar-refractivity contribution >= 4 is 66.2 Å². The standard InChI is InChI=1S/C38H47BrN10O4S/c1-45-34-21-28(5-6-33(34)36(44-45)49-20-13-35(50)43-38(49)51)27-9-14-46(15-10-27)25-26-7-16-47(17-8-26)31-3-2-4-32(22-31)54(52,53)48-18-11-30(12-19-48)42-37-40-23-29(39)24-41-37/h2-6,21-24,26-27,30H,7-20,25H2,1H3,(H,40,41,42)(H,43,50,51). The Hall–Kier alpha value is -4.12. The number of aryl methyl sites for hydroxylation is 1. The van der Waals surface area contributed by atoms with Crippen molar-refractivity contribution in [3.05, 3.63) is 64.9 Å². The summed E-state index contributed by atoms with van der Waals surface area (Å²) in [6.45, 7) is 6.29. The maximum absolute atomic E-state index is 13.7. The molecule has 4 saturated heterocycles. The second-order valence-corrected chi connectivity index (χ2v) is 17.9. The third-order valence-electron chi connectivity index (χ3n) is 11.6. The van der Waals surface area contributed by atoms with Crippen LogP contribution in [0.4, 0.5) is 22.2 Å². The van der Waals surface area contributed by atoms with Crippen molar-refractivity contribution in [1.29, 1.82) is 0 Å². The van der Waals surface area contributed by atoms with Gasteiger partial charge in [0, 0.05) is 82.2 Å². The lowest BCUT2D eigenvalue weighted by molar-refractivity contribution is -0.120. The maximum atomic E-state index is 13.7. The van der Waals surface area contributed by atoms with Crippen LogP contribution in [0.5, 0.6) is 0 Å². The Kier molecular flexibility index (Phi) is 10.6. The van der Waals surface area contributed by atoms with E-state index in [1.54, 1.807) is 27.7 Å². The highest BCUT2D eigenvalue weighted by atomic mass is 79.9. The number of aromatic nitrogens is 4. The first-order valence-corrected chi connectivity index (χ1v) is 21.2. The van der Waals surface area contributed by atoms with Gasteiger partial charge < -0.3 is 15.1 Å². The Morgan fingerprint density at radius 2 is 1.63 bits per heavy atom. The fourth-order valence-corrected chi connectivity index (χ4v) is 10.2. The minimum absolute atomic E-state index is 0.126. The number of carbonyl (C=O) groups is 2. The number of likely N-dealkylation sites (tertiary alicyclic amines) is 1. The number of nitrogens with zero attached hydrogens (tertiary/aromatic N) is 8. The normalized spacial score (nSPS) is 20.5. The zero-order chi connectivity index (χ0) is 37.4. The van der Waals surface area contributed by atoms with Crippen LogP contribution in [0.25, 0.3) is 10.9 Å². The third-order valence-corrected chi connectivity index (χ3v) is 13.9. The summed E-state index contributed by atoms with van der Waals surface area (Å²) in [5, 5.41) is 11.3. The van der Waals surface area contributed by atoms with E-state index >= 15 is 0 Å². The molecule has 2 aromatic heterocycles. The molecule has 0 saturated carbocycles. The molecule has 2 aromatic carbocycles. The van der Waals surface area contributed by atoms with Gasteiger partial charge in [0.2, 0.25) is 21.9 Å². The number of hydrogen-bond acceptors (Lipinski definition) is 10. The molecule has 0 unspecified atom stereocenters. The lowest BCUT2D eigenvalue weighted by atomic mass is 9.88. The number of carbonyl (C=O) groups excluding carboxylic acids is 2. The first-order valence-electron chi connectivity index (χ1n) is 19.0. The van der Waals surface area contributed by atoms with E-state index in [0.717, 1.165) is 79.5 Å². The number of nitrogens with one attached hydrogen (secondary N) is 2. The van der Waals surface area contributed by atoms with E-state index in [-0.39, 0.29) is 18.4 Å².